The van der Waals surface area contributed by atoms with Crippen molar-refractivity contribution in [2.75, 3.05) is 0 Å². The molecule has 4 aromatic rings. The molecular formula is C15H6BrF3N4O3S. The molecule has 2 heterocycles. The number of aromatic amines is 1. The van der Waals surface area contributed by atoms with Crippen LogP contribution in [0.1, 0.15) is 0 Å². The summed E-state index contributed by atoms with van der Waals surface area (Å²) in [5.74, 6) is -2.25. The van der Waals surface area contributed by atoms with Gasteiger partial charge in [0.2, 0.25) is 0 Å². The zero-order valence-electron chi connectivity index (χ0n) is 12.9. The fourth-order valence-corrected chi connectivity index (χ4v) is 3.07. The largest absolute Gasteiger partial charge is 0.439 e. The summed E-state index contributed by atoms with van der Waals surface area (Å²) in [6.07, 6.45) is 0. The number of benzene rings is 2. The van der Waals surface area contributed by atoms with Gasteiger partial charge in [0, 0.05) is 11.6 Å². The van der Waals surface area contributed by atoms with Crippen LogP contribution in [0.25, 0.3) is 22.4 Å². The van der Waals surface area contributed by atoms with E-state index in [1.165, 1.54) is 12.1 Å². The van der Waals surface area contributed by atoms with Crippen molar-refractivity contribution in [3.8, 4) is 23.1 Å². The molecule has 138 valence electrons. The Morgan fingerprint density at radius 2 is 2.11 bits per heavy atom. The van der Waals surface area contributed by atoms with Gasteiger partial charge in [-0.15, -0.1) is 3.89 Å². The highest BCUT2D eigenvalue weighted by molar-refractivity contribution is 9.10. The number of nitrogens with zero attached hydrogens (tertiary/aromatic N) is 3. The smallest absolute Gasteiger partial charge is 0.425 e. The minimum atomic E-state index is -1.01. The van der Waals surface area contributed by atoms with E-state index in [-0.39, 0.29) is 41.0 Å². The molecule has 2 aromatic carbocycles. The average Bonchev–Trinajstić information content (AvgIpc) is 3.23. The van der Waals surface area contributed by atoms with Gasteiger partial charge in [-0.1, -0.05) is 17.3 Å². The Balaban J connectivity index is 1.78. The lowest BCUT2D eigenvalue weighted by atomic mass is 10.2. The second kappa shape index (κ2) is 6.78. The van der Waals surface area contributed by atoms with E-state index in [9.17, 15) is 17.5 Å². The van der Waals surface area contributed by atoms with Gasteiger partial charge in [0.25, 0.3) is 0 Å². The predicted molar refractivity (Wildman–Crippen MR) is 94.1 cm³/mol. The summed E-state index contributed by atoms with van der Waals surface area (Å²) in [5, 5.41) is 3.55. The van der Waals surface area contributed by atoms with Crippen molar-refractivity contribution in [1.82, 2.24) is 19.1 Å². The second-order valence-corrected chi connectivity index (χ2v) is 6.48. The lowest BCUT2D eigenvalue weighted by molar-refractivity contribution is 0.388. The minimum Gasteiger partial charge on any atom is -0.425 e. The van der Waals surface area contributed by atoms with Crippen molar-refractivity contribution in [1.29, 1.82) is 0 Å². The van der Waals surface area contributed by atoms with Crippen LogP contribution in [0, 0.1) is 11.6 Å². The third-order valence-electron chi connectivity index (χ3n) is 3.54. The summed E-state index contributed by atoms with van der Waals surface area (Å²) in [6.45, 7) is 0. The molecule has 0 saturated heterocycles. The number of fused-ring (bicyclic) bond motifs is 1. The molecule has 0 fully saturated rings. The molecule has 0 aliphatic rings. The van der Waals surface area contributed by atoms with E-state index in [0.29, 0.717) is 5.56 Å². The van der Waals surface area contributed by atoms with Crippen LogP contribution in [0.5, 0.6) is 11.8 Å². The fourth-order valence-electron chi connectivity index (χ4n) is 2.39. The Hall–Kier alpha value is -2.73. The maximum Gasteiger partial charge on any atom is 0.439 e. The second-order valence-electron chi connectivity index (χ2n) is 5.19. The van der Waals surface area contributed by atoms with Crippen LogP contribution < -0.4 is 10.5 Å². The van der Waals surface area contributed by atoms with Crippen LogP contribution in [-0.4, -0.2) is 19.1 Å². The number of rotatable bonds is 4. The first-order valence-corrected chi connectivity index (χ1v) is 8.64. The molecule has 12 heteroatoms. The molecule has 27 heavy (non-hydrogen) atoms. The molecule has 1 N–H and O–H groups in total. The predicted octanol–water partition coefficient (Wildman–Crippen LogP) is 4.59. The molecule has 0 amide bonds. The number of ether oxygens (including phenoxy) is 1. The van der Waals surface area contributed by atoms with Crippen LogP contribution in [-0.2, 0) is 0 Å². The Bertz CT molecular complexity index is 1220. The molecule has 4 rings (SSSR count). The molecule has 0 unspecified atom stereocenters. The van der Waals surface area contributed by atoms with Gasteiger partial charge < -0.3 is 4.74 Å². The summed E-state index contributed by atoms with van der Waals surface area (Å²) in [4.78, 5) is 17.4. The standard InChI is InChI=1S/C15H6BrF3N4O3S/c16-10-8(17)5-9-12(11(10)18)23(27-19)14(20-9)25-7-3-1-2-6(4-7)13-21-15(24)26-22-13/h1-5H,(H,21,22,24). The fraction of sp³-hybridized carbons (Fsp3) is 0. The zero-order valence-corrected chi connectivity index (χ0v) is 15.3. The van der Waals surface area contributed by atoms with Gasteiger partial charge in [-0.05, 0) is 28.1 Å². The van der Waals surface area contributed by atoms with Crippen molar-refractivity contribution < 1.29 is 21.9 Å². The van der Waals surface area contributed by atoms with E-state index < -0.39 is 21.9 Å². The number of halogens is 4. The van der Waals surface area contributed by atoms with Crippen molar-refractivity contribution in [3.63, 3.8) is 0 Å². The van der Waals surface area contributed by atoms with Gasteiger partial charge in [-0.2, -0.15) is 4.98 Å². The minimum absolute atomic E-state index is 0.120. The number of hydrogen-bond acceptors (Lipinski definition) is 6. The SMILES string of the molecule is O=c1[nH]c(-c2cccc(Oc3nc4cc(F)c(Br)c(F)c4n3SF)c2)no1. The number of aromatic nitrogens is 4. The van der Waals surface area contributed by atoms with Crippen LogP contribution >= 0.6 is 28.3 Å². The van der Waals surface area contributed by atoms with Crippen LogP contribution in [0.15, 0.2) is 44.1 Å². The van der Waals surface area contributed by atoms with E-state index in [0.717, 1.165) is 10.0 Å². The van der Waals surface area contributed by atoms with Gasteiger partial charge in [0.1, 0.15) is 17.1 Å². The van der Waals surface area contributed by atoms with Crippen molar-refractivity contribution in [2.24, 2.45) is 0 Å². The molecular weight excluding hydrogens is 453 g/mol. The van der Waals surface area contributed by atoms with E-state index in [2.05, 4.69) is 35.6 Å². The highest BCUT2D eigenvalue weighted by Gasteiger charge is 2.22. The lowest BCUT2D eigenvalue weighted by Crippen LogP contribution is -1.96. The Kier molecular flexibility index (Phi) is 4.44. The molecule has 7 nitrogen and oxygen atoms in total. The Morgan fingerprint density at radius 3 is 2.81 bits per heavy atom. The van der Waals surface area contributed by atoms with Gasteiger partial charge in [-0.25, -0.2) is 17.5 Å². The van der Waals surface area contributed by atoms with E-state index in [4.69, 9.17) is 4.74 Å². The average molecular weight is 459 g/mol. The lowest BCUT2D eigenvalue weighted by Gasteiger charge is -2.06. The third kappa shape index (κ3) is 3.10. The number of imidazole rings is 1. The molecule has 0 saturated carbocycles. The van der Waals surface area contributed by atoms with Crippen LogP contribution in [0.2, 0.25) is 0 Å². The van der Waals surface area contributed by atoms with Crippen molar-refractivity contribution >= 4 is 39.3 Å². The molecule has 0 aliphatic carbocycles. The third-order valence-corrected chi connectivity index (χ3v) is 4.74. The van der Waals surface area contributed by atoms with Gasteiger partial charge >= 0.3 is 11.8 Å². The highest BCUT2D eigenvalue weighted by Crippen LogP contribution is 2.36. The topological polar surface area (TPSA) is 85.9 Å². The zero-order chi connectivity index (χ0) is 19.1. The first kappa shape index (κ1) is 17.7. The maximum absolute atomic E-state index is 14.3. The molecule has 2 aromatic heterocycles. The summed E-state index contributed by atoms with van der Waals surface area (Å²) in [7, 11) is 0. The molecule has 0 radical (unpaired) electrons. The van der Waals surface area contributed by atoms with Gasteiger partial charge in [0.05, 0.1) is 9.99 Å². The summed E-state index contributed by atoms with van der Waals surface area (Å²) in [5.41, 5.74) is 0.0574. The van der Waals surface area contributed by atoms with Crippen LogP contribution in [0.3, 0.4) is 0 Å². The quantitative estimate of drug-likeness (QED) is 0.450. The Morgan fingerprint density at radius 1 is 1.30 bits per heavy atom. The van der Waals surface area contributed by atoms with Crippen molar-refractivity contribution in [2.45, 2.75) is 0 Å². The number of nitrogens with one attached hydrogen (secondary N) is 1. The summed E-state index contributed by atoms with van der Waals surface area (Å²) >= 11 is 2.42. The summed E-state index contributed by atoms with van der Waals surface area (Å²) < 4.78 is 51.7. The number of hydrogen-bond donors (Lipinski definition) is 1. The van der Waals surface area contributed by atoms with E-state index in [1.54, 1.807) is 12.1 Å². The molecule has 0 spiro atoms. The van der Waals surface area contributed by atoms with E-state index >= 15 is 0 Å². The molecule has 0 aliphatic heterocycles. The van der Waals surface area contributed by atoms with Crippen molar-refractivity contribution in [3.05, 3.63) is 57.0 Å². The first-order valence-electron chi connectivity index (χ1n) is 7.17. The monoisotopic (exact) mass is 458 g/mol. The Labute approximate surface area is 160 Å². The normalized spacial score (nSPS) is 11.3. The van der Waals surface area contributed by atoms with Gasteiger partial charge in [0.15, 0.2) is 24.0 Å². The van der Waals surface area contributed by atoms with Crippen LogP contribution in [0.4, 0.5) is 12.7 Å². The highest BCUT2D eigenvalue weighted by atomic mass is 79.9. The van der Waals surface area contributed by atoms with Gasteiger partial charge in [-0.3, -0.25) is 9.51 Å². The maximum atomic E-state index is 14.3. The molecule has 0 atom stereocenters. The number of H-pyrrole nitrogens is 1. The molecule has 0 bridgehead atoms. The van der Waals surface area contributed by atoms with E-state index in [1.807, 2.05) is 0 Å². The first-order chi connectivity index (χ1) is 13.0. The summed E-state index contributed by atoms with van der Waals surface area (Å²) in [6, 6.07) is 6.87.